The maximum absolute atomic E-state index is 2.67. The zero-order valence-corrected chi connectivity index (χ0v) is 61.6. The SMILES string of the molecule is CCCCCCc1ccc(C2(c3ccc(CCCCCC)cc3)c3c(sc4c[c]([Sn]([CH3])([CH3])[CH3])sc34)-c3sc4c5c(sc4c32)-c2sc3c[c]([Sn]([CH3])([CH3])[CH3])sc3c2C5(c2ccc(CCCCCC)cc2)c2ccc(CCCCCC)cc2)cc1. The second kappa shape index (κ2) is 24.9. The average Bonchev–Trinajstić information content (AvgIpc) is 4.18. The molecule has 6 heterocycles. The number of aryl methyl sites for hydroxylation is 4. The van der Waals surface area contributed by atoms with Crippen molar-refractivity contribution in [1.29, 1.82) is 0 Å². The first kappa shape index (κ1) is 59.8. The van der Waals surface area contributed by atoms with Crippen molar-refractivity contribution < 1.29 is 0 Å². The third-order valence-corrected chi connectivity index (χ3v) is 45.0. The molecule has 6 aromatic heterocycles. The standard InChI is InChI=1S/C68H70S6.6CH3.2Sn/c1-5-9-13-17-21-45-25-33-49(34-26-45)67(50-35-27-46(28-36-50)22-18-14-10-6-2)55-59-53(41-43-69-59)71-61(55)63-57(67)65-66(73-63)58-64(74-65)62-56(60-54(72-62)42-44-70-60)68(58,51-37-29-47(30-38-51)23-19-15-11-7-3)52-39-31-48(32-40-52)24-20-16-12-8-4;;;;;;;;/h25-42H,5-24H2,1-4H3;6*1H3;;. The van der Waals surface area contributed by atoms with Crippen LogP contribution in [0.4, 0.5) is 0 Å². The predicted molar refractivity (Wildman–Crippen MR) is 378 cm³/mol. The minimum absolute atomic E-state index is 0.467. The van der Waals surface area contributed by atoms with Crippen molar-refractivity contribution in [2.45, 2.75) is 197 Å². The summed E-state index contributed by atoms with van der Waals surface area (Å²) in [7, 11) is 0. The summed E-state index contributed by atoms with van der Waals surface area (Å²) in [6.45, 7) is 9.32. The van der Waals surface area contributed by atoms with Crippen LogP contribution in [0.1, 0.15) is 197 Å². The van der Waals surface area contributed by atoms with Crippen LogP contribution in [0.15, 0.2) is 109 Å². The van der Waals surface area contributed by atoms with Gasteiger partial charge in [-0.1, -0.05) is 79.1 Å². The number of fused-ring (bicyclic) bond motifs is 13. The molecule has 2 aliphatic carbocycles. The molecule has 0 atom stereocenters. The molecule has 0 saturated heterocycles. The molecule has 0 nitrogen and oxygen atoms in total. The van der Waals surface area contributed by atoms with Crippen molar-refractivity contribution >= 4 is 139 Å². The minimum atomic E-state index is -2.47. The summed E-state index contributed by atoms with van der Waals surface area (Å²) >= 11 is 8.02. The molecule has 0 saturated carbocycles. The fourth-order valence-electron chi connectivity index (χ4n) is 13.9. The molecule has 428 valence electrons. The van der Waals surface area contributed by atoms with Crippen LogP contribution in [-0.2, 0) is 36.5 Å². The molecule has 0 unspecified atom stereocenters. The summed E-state index contributed by atoms with van der Waals surface area (Å²) in [5, 5.41) is 0. The Balaban J connectivity index is 1.15. The van der Waals surface area contributed by atoms with Gasteiger partial charge in [-0.2, -0.15) is 0 Å². The zero-order chi connectivity index (χ0) is 57.0. The van der Waals surface area contributed by atoms with E-state index in [0.29, 0.717) is 0 Å². The van der Waals surface area contributed by atoms with E-state index < -0.39 is 47.6 Å². The molecular weight excluding hydrogens is 1320 g/mol. The summed E-state index contributed by atoms with van der Waals surface area (Å²) in [6, 6.07) is 46.4. The number of hydrogen-bond donors (Lipinski definition) is 0. The molecule has 10 aromatic rings. The van der Waals surface area contributed by atoms with Gasteiger partial charge >= 0.3 is 452 Å². The molecule has 0 N–H and O–H groups in total. The normalized spacial score (nSPS) is 14.4. The molecule has 8 heteroatoms. The number of hydrogen-bond acceptors (Lipinski definition) is 6. The van der Waals surface area contributed by atoms with Crippen LogP contribution in [0.2, 0.25) is 29.6 Å². The van der Waals surface area contributed by atoms with Crippen LogP contribution < -0.4 is 5.79 Å². The number of benzene rings is 4. The Morgan fingerprint density at radius 1 is 0.293 bits per heavy atom. The fraction of sp³-hybridized carbons (Fsp3) is 0.432. The van der Waals surface area contributed by atoms with Gasteiger partial charge in [0.25, 0.3) is 0 Å². The Hall–Kier alpha value is -2.54. The fourth-order valence-corrected chi connectivity index (χ4v) is 33.8. The summed E-state index contributed by atoms with van der Waals surface area (Å²) in [4.78, 5) is 21.8. The first-order valence-electron chi connectivity index (χ1n) is 31.9. The van der Waals surface area contributed by atoms with E-state index in [1.54, 1.807) is 37.4 Å². The molecule has 0 amide bonds. The predicted octanol–water partition coefficient (Wildman–Crippen LogP) is 23.8. The molecule has 12 rings (SSSR count). The van der Waals surface area contributed by atoms with Crippen LogP contribution in [0.5, 0.6) is 0 Å². The topological polar surface area (TPSA) is 0 Å². The van der Waals surface area contributed by atoms with E-state index in [0.717, 1.165) is 25.7 Å². The summed E-state index contributed by atoms with van der Waals surface area (Å²) in [5.41, 5.74) is 17.0. The second-order valence-corrected chi connectivity index (χ2v) is 63.6. The molecule has 0 bridgehead atoms. The number of unbranched alkanes of at least 4 members (excludes halogenated alkanes) is 12. The first-order chi connectivity index (χ1) is 39.7. The first-order valence-corrected chi connectivity index (χ1v) is 56.8. The zero-order valence-electron chi connectivity index (χ0n) is 51.0. The molecule has 4 aromatic carbocycles. The molecule has 0 radical (unpaired) electrons. The van der Waals surface area contributed by atoms with Crippen LogP contribution in [-0.4, -0.2) is 36.8 Å². The van der Waals surface area contributed by atoms with E-state index >= 15 is 0 Å². The van der Waals surface area contributed by atoms with Crippen molar-refractivity contribution in [2.24, 2.45) is 0 Å². The quantitative estimate of drug-likeness (QED) is 0.0374. The molecule has 0 fully saturated rings. The Bertz CT molecular complexity index is 3450. The summed E-state index contributed by atoms with van der Waals surface area (Å²) in [5.74, 6) is 0. The summed E-state index contributed by atoms with van der Waals surface area (Å²) in [6.07, 6.45) is 25.2. The van der Waals surface area contributed by atoms with Crippen molar-refractivity contribution in [1.82, 2.24) is 0 Å². The van der Waals surface area contributed by atoms with Crippen molar-refractivity contribution in [3.63, 3.8) is 0 Å². The van der Waals surface area contributed by atoms with Gasteiger partial charge in [-0.3, -0.25) is 0 Å². The van der Waals surface area contributed by atoms with Gasteiger partial charge in [0.05, 0.1) is 0 Å². The van der Waals surface area contributed by atoms with Gasteiger partial charge in [0.1, 0.15) is 0 Å². The van der Waals surface area contributed by atoms with Gasteiger partial charge in [0.2, 0.25) is 0 Å². The van der Waals surface area contributed by atoms with Crippen molar-refractivity contribution in [3.05, 3.63) is 176 Å². The van der Waals surface area contributed by atoms with Crippen molar-refractivity contribution in [2.75, 3.05) is 0 Å². The van der Waals surface area contributed by atoms with E-state index in [1.807, 2.05) is 0 Å². The molecule has 0 aliphatic heterocycles. The number of rotatable bonds is 26. The van der Waals surface area contributed by atoms with Gasteiger partial charge in [0.15, 0.2) is 0 Å². The van der Waals surface area contributed by atoms with Gasteiger partial charge in [0, 0.05) is 0 Å². The van der Waals surface area contributed by atoms with E-state index in [4.69, 9.17) is 0 Å². The third-order valence-electron chi connectivity index (χ3n) is 18.5. The summed E-state index contributed by atoms with van der Waals surface area (Å²) < 4.78 is 12.6. The van der Waals surface area contributed by atoms with Gasteiger partial charge < -0.3 is 0 Å². The Labute approximate surface area is 525 Å². The molecule has 82 heavy (non-hydrogen) atoms. The maximum atomic E-state index is 2.67. The van der Waals surface area contributed by atoms with Crippen LogP contribution in [0, 0.1) is 0 Å². The second-order valence-electron chi connectivity index (χ2n) is 26.5. The Morgan fingerprint density at radius 2 is 0.549 bits per heavy atom. The van der Waals surface area contributed by atoms with Gasteiger partial charge in [-0.15, -0.1) is 0 Å². The molecular formula is C74H88S6Sn2. The Kier molecular flexibility index (Phi) is 18.2. The third kappa shape index (κ3) is 10.7. The van der Waals surface area contributed by atoms with Crippen molar-refractivity contribution in [3.8, 4) is 19.5 Å². The molecule has 0 spiro atoms. The van der Waals surface area contributed by atoms with E-state index in [1.165, 1.54) is 186 Å². The van der Waals surface area contributed by atoms with E-state index in [-0.39, 0.29) is 0 Å². The van der Waals surface area contributed by atoms with E-state index in [9.17, 15) is 0 Å². The van der Waals surface area contributed by atoms with Gasteiger partial charge in [-0.05, 0) is 0 Å². The van der Waals surface area contributed by atoms with E-state index in [2.05, 4.69) is 235 Å². The molecule has 2 aliphatic rings. The van der Waals surface area contributed by atoms with Gasteiger partial charge in [-0.25, -0.2) is 0 Å². The number of thiophene rings is 6. The average molecular weight is 1410 g/mol. The van der Waals surface area contributed by atoms with Crippen LogP contribution >= 0.6 is 68.0 Å². The Morgan fingerprint density at radius 3 is 0.805 bits per heavy atom. The monoisotopic (exact) mass is 1410 g/mol. The van der Waals surface area contributed by atoms with Crippen LogP contribution in [0.3, 0.4) is 0 Å². The van der Waals surface area contributed by atoms with Crippen LogP contribution in [0.25, 0.3) is 47.7 Å².